The summed E-state index contributed by atoms with van der Waals surface area (Å²) in [5, 5.41) is 18.0. The molecule has 146 valence electrons. The monoisotopic (exact) mass is 399 g/mol. The molecule has 0 spiro atoms. The summed E-state index contributed by atoms with van der Waals surface area (Å²) >= 11 is 6.00. The zero-order chi connectivity index (χ0) is 19.5. The van der Waals surface area contributed by atoms with Gasteiger partial charge in [0.2, 0.25) is 6.79 Å². The number of rotatable bonds is 7. The summed E-state index contributed by atoms with van der Waals surface area (Å²) in [6.07, 6.45) is 1.39. The Labute approximate surface area is 168 Å². The number of aromatic amines is 1. The molecule has 0 radical (unpaired) electrons. The average Bonchev–Trinajstić information content (AvgIpc) is 3.30. The van der Waals surface area contributed by atoms with Crippen LogP contribution in [0.1, 0.15) is 18.1 Å². The summed E-state index contributed by atoms with van der Waals surface area (Å²) in [7, 11) is 0. The quantitative estimate of drug-likeness (QED) is 0.631. The Morgan fingerprint density at radius 2 is 1.93 bits per heavy atom. The zero-order valence-corrected chi connectivity index (χ0v) is 16.3. The Morgan fingerprint density at radius 3 is 2.71 bits per heavy atom. The fourth-order valence-corrected chi connectivity index (χ4v) is 3.52. The predicted molar refractivity (Wildman–Crippen MR) is 107 cm³/mol. The van der Waals surface area contributed by atoms with E-state index in [1.165, 1.54) is 0 Å². The highest BCUT2D eigenvalue weighted by molar-refractivity contribution is 6.30. The molecule has 1 atom stereocenters. The van der Waals surface area contributed by atoms with Gasteiger partial charge in [-0.2, -0.15) is 5.10 Å². The highest BCUT2D eigenvalue weighted by Crippen LogP contribution is 2.33. The molecule has 0 aliphatic carbocycles. The minimum Gasteiger partial charge on any atom is -0.454 e. The molecule has 0 saturated heterocycles. The van der Waals surface area contributed by atoms with Crippen LogP contribution in [0.4, 0.5) is 0 Å². The standard InChI is InChI=1S/C21H22ClN3O3/c1-14(26)10-25(11-15-2-7-19-20(8-15)28-13-27-19)12-17-9-23-24-21(17)16-3-5-18(22)6-4-16/h2-9,14,26H,10-13H2,1H3,(H,23,24). The molecule has 1 aromatic heterocycles. The van der Waals surface area contributed by atoms with Gasteiger partial charge >= 0.3 is 0 Å². The molecule has 1 aliphatic rings. The number of H-pyrrole nitrogens is 1. The van der Waals surface area contributed by atoms with Crippen LogP contribution >= 0.6 is 11.6 Å². The lowest BCUT2D eigenvalue weighted by Crippen LogP contribution is -2.30. The van der Waals surface area contributed by atoms with Gasteiger partial charge in [0, 0.05) is 30.2 Å². The molecular formula is C21H22ClN3O3. The molecule has 6 nitrogen and oxygen atoms in total. The third-order valence-electron chi connectivity index (χ3n) is 4.61. The number of aromatic nitrogens is 2. The van der Waals surface area contributed by atoms with Crippen molar-refractivity contribution in [1.29, 1.82) is 0 Å². The van der Waals surface area contributed by atoms with Crippen LogP contribution < -0.4 is 9.47 Å². The van der Waals surface area contributed by atoms with Crippen molar-refractivity contribution in [2.45, 2.75) is 26.1 Å². The lowest BCUT2D eigenvalue weighted by molar-refractivity contribution is 0.118. The number of hydrogen-bond donors (Lipinski definition) is 2. The van der Waals surface area contributed by atoms with Crippen molar-refractivity contribution in [1.82, 2.24) is 15.1 Å². The summed E-state index contributed by atoms with van der Waals surface area (Å²) in [5.41, 5.74) is 4.14. The van der Waals surface area contributed by atoms with Crippen LogP contribution in [0, 0.1) is 0 Å². The summed E-state index contributed by atoms with van der Waals surface area (Å²) in [6.45, 7) is 3.91. The maximum absolute atomic E-state index is 9.98. The van der Waals surface area contributed by atoms with E-state index >= 15 is 0 Å². The molecule has 1 unspecified atom stereocenters. The molecule has 1 aliphatic heterocycles. The van der Waals surface area contributed by atoms with Crippen molar-refractivity contribution in [2.24, 2.45) is 0 Å². The molecule has 2 N–H and O–H groups in total. The second kappa shape index (κ2) is 8.22. The first kappa shape index (κ1) is 18.8. The van der Waals surface area contributed by atoms with Gasteiger partial charge in [0.05, 0.1) is 18.0 Å². The van der Waals surface area contributed by atoms with Gasteiger partial charge in [0.25, 0.3) is 0 Å². The number of aliphatic hydroxyl groups excluding tert-OH is 1. The van der Waals surface area contributed by atoms with Gasteiger partial charge in [-0.05, 0) is 42.3 Å². The molecule has 2 heterocycles. The van der Waals surface area contributed by atoms with Crippen molar-refractivity contribution in [3.05, 3.63) is 64.8 Å². The lowest BCUT2D eigenvalue weighted by Gasteiger charge is -2.24. The molecule has 2 aromatic carbocycles. The Bertz CT molecular complexity index is 940. The number of fused-ring (bicyclic) bond motifs is 1. The normalized spacial score (nSPS) is 13.9. The molecule has 28 heavy (non-hydrogen) atoms. The second-order valence-corrected chi connectivity index (χ2v) is 7.42. The third-order valence-corrected chi connectivity index (χ3v) is 4.86. The van der Waals surface area contributed by atoms with Crippen LogP contribution in [-0.4, -0.2) is 39.6 Å². The number of ether oxygens (including phenoxy) is 2. The Morgan fingerprint density at radius 1 is 1.14 bits per heavy atom. The van der Waals surface area contributed by atoms with Gasteiger partial charge in [-0.3, -0.25) is 10.00 Å². The van der Waals surface area contributed by atoms with Crippen molar-refractivity contribution >= 4 is 11.6 Å². The maximum atomic E-state index is 9.98. The summed E-state index contributed by atoms with van der Waals surface area (Å²) in [5.74, 6) is 1.53. The summed E-state index contributed by atoms with van der Waals surface area (Å²) < 4.78 is 10.9. The van der Waals surface area contributed by atoms with Gasteiger partial charge < -0.3 is 14.6 Å². The van der Waals surface area contributed by atoms with E-state index in [0.29, 0.717) is 24.7 Å². The summed E-state index contributed by atoms with van der Waals surface area (Å²) in [6, 6.07) is 13.6. The molecule has 0 fully saturated rings. The van der Waals surface area contributed by atoms with Crippen LogP contribution in [0.2, 0.25) is 5.02 Å². The lowest BCUT2D eigenvalue weighted by atomic mass is 10.1. The molecule has 7 heteroatoms. The number of aliphatic hydroxyl groups is 1. The highest BCUT2D eigenvalue weighted by atomic mass is 35.5. The third kappa shape index (κ3) is 4.30. The fourth-order valence-electron chi connectivity index (χ4n) is 3.39. The van der Waals surface area contributed by atoms with Gasteiger partial charge in [0.1, 0.15) is 0 Å². The maximum Gasteiger partial charge on any atom is 0.231 e. The Kier molecular flexibility index (Phi) is 5.52. The van der Waals surface area contributed by atoms with Crippen LogP contribution in [0.15, 0.2) is 48.7 Å². The number of nitrogens with one attached hydrogen (secondary N) is 1. The van der Waals surface area contributed by atoms with Crippen LogP contribution in [0.3, 0.4) is 0 Å². The van der Waals surface area contributed by atoms with Crippen molar-refractivity contribution in [3.63, 3.8) is 0 Å². The minimum atomic E-state index is -0.445. The number of halogens is 1. The molecular weight excluding hydrogens is 378 g/mol. The highest BCUT2D eigenvalue weighted by Gasteiger charge is 2.17. The van der Waals surface area contributed by atoms with E-state index in [1.807, 2.05) is 48.7 Å². The molecule has 3 aromatic rings. The van der Waals surface area contributed by atoms with E-state index in [4.69, 9.17) is 21.1 Å². The van der Waals surface area contributed by atoms with Gasteiger partial charge in [-0.1, -0.05) is 29.8 Å². The van der Waals surface area contributed by atoms with Crippen LogP contribution in [-0.2, 0) is 13.1 Å². The van der Waals surface area contributed by atoms with Crippen molar-refractivity contribution in [3.8, 4) is 22.8 Å². The number of hydrogen-bond acceptors (Lipinski definition) is 5. The Balaban J connectivity index is 1.54. The summed E-state index contributed by atoms with van der Waals surface area (Å²) in [4.78, 5) is 2.19. The predicted octanol–water partition coefficient (Wildman–Crippen LogP) is 3.84. The van der Waals surface area contributed by atoms with E-state index in [9.17, 15) is 5.11 Å². The van der Waals surface area contributed by atoms with Gasteiger partial charge in [-0.25, -0.2) is 0 Å². The van der Waals surface area contributed by atoms with Crippen LogP contribution in [0.5, 0.6) is 11.5 Å². The number of benzene rings is 2. The first-order valence-electron chi connectivity index (χ1n) is 9.15. The van der Waals surface area contributed by atoms with E-state index < -0.39 is 6.10 Å². The van der Waals surface area contributed by atoms with Gasteiger partial charge in [-0.15, -0.1) is 0 Å². The fraction of sp³-hybridized carbons (Fsp3) is 0.286. The number of nitrogens with zero attached hydrogens (tertiary/aromatic N) is 2. The molecule has 0 bridgehead atoms. The second-order valence-electron chi connectivity index (χ2n) is 6.98. The van der Waals surface area contributed by atoms with Crippen LogP contribution in [0.25, 0.3) is 11.3 Å². The van der Waals surface area contributed by atoms with Gasteiger partial charge in [0.15, 0.2) is 11.5 Å². The van der Waals surface area contributed by atoms with E-state index in [1.54, 1.807) is 6.92 Å². The first-order chi connectivity index (χ1) is 13.6. The minimum absolute atomic E-state index is 0.260. The van der Waals surface area contributed by atoms with E-state index in [2.05, 4.69) is 15.1 Å². The molecule has 0 saturated carbocycles. The Hall–Kier alpha value is -2.54. The zero-order valence-electron chi connectivity index (χ0n) is 15.6. The smallest absolute Gasteiger partial charge is 0.231 e. The average molecular weight is 400 g/mol. The first-order valence-corrected chi connectivity index (χ1v) is 9.53. The van der Waals surface area contributed by atoms with E-state index in [0.717, 1.165) is 33.9 Å². The largest absolute Gasteiger partial charge is 0.454 e. The van der Waals surface area contributed by atoms with E-state index in [-0.39, 0.29) is 6.79 Å². The molecule has 0 amide bonds. The SMILES string of the molecule is CC(O)CN(Cc1ccc2c(c1)OCO2)Cc1cn[nH]c1-c1ccc(Cl)cc1. The topological polar surface area (TPSA) is 70.6 Å². The van der Waals surface area contributed by atoms with Crippen molar-refractivity contribution in [2.75, 3.05) is 13.3 Å². The van der Waals surface area contributed by atoms with Crippen molar-refractivity contribution < 1.29 is 14.6 Å². The molecule has 4 rings (SSSR count).